The van der Waals surface area contributed by atoms with Gasteiger partial charge in [-0.3, -0.25) is 0 Å². The number of hydrogen-bond donors (Lipinski definition) is 1. The lowest BCUT2D eigenvalue weighted by Crippen LogP contribution is -2.38. The molecule has 0 bridgehead atoms. The number of rotatable bonds is 4. The second-order valence-corrected chi connectivity index (χ2v) is 7.70. The van der Waals surface area contributed by atoms with Gasteiger partial charge in [-0.25, -0.2) is 8.42 Å². The van der Waals surface area contributed by atoms with Crippen molar-refractivity contribution in [1.82, 2.24) is 0 Å². The van der Waals surface area contributed by atoms with Crippen LogP contribution in [0.4, 0.5) is 5.69 Å². The fourth-order valence-corrected chi connectivity index (χ4v) is 1.68. The highest BCUT2D eigenvalue weighted by Gasteiger charge is 2.29. The average Bonchev–Trinajstić information content (AvgIpc) is 2.25. The predicted octanol–water partition coefficient (Wildman–Crippen LogP) is 2.10. The quantitative estimate of drug-likeness (QED) is 0.906. The molecule has 4 nitrogen and oxygen atoms in total. The molecule has 0 aliphatic carbocycles. The van der Waals surface area contributed by atoms with Gasteiger partial charge in [0, 0.05) is 12.8 Å². The first-order valence-electron chi connectivity index (χ1n) is 5.61. The van der Waals surface area contributed by atoms with Crippen LogP contribution in [0.3, 0.4) is 0 Å². The van der Waals surface area contributed by atoms with Gasteiger partial charge >= 0.3 is 0 Å². The molecular formula is C13H18N2O2S. The molecule has 1 N–H and O–H groups in total. The lowest BCUT2D eigenvalue weighted by molar-refractivity contribution is 0.560. The highest BCUT2D eigenvalue weighted by Crippen LogP contribution is 2.20. The highest BCUT2D eigenvalue weighted by molar-refractivity contribution is 7.92. The normalized spacial score (nSPS) is 11.9. The monoisotopic (exact) mass is 266 g/mol. The topological polar surface area (TPSA) is 70.0 Å². The molecule has 0 aliphatic rings. The summed E-state index contributed by atoms with van der Waals surface area (Å²) >= 11 is 0. The van der Waals surface area contributed by atoms with Crippen LogP contribution >= 0.6 is 0 Å². The average molecular weight is 266 g/mol. The summed E-state index contributed by atoms with van der Waals surface area (Å²) in [5, 5.41) is 12.1. The van der Waals surface area contributed by atoms with Crippen molar-refractivity contribution in [2.45, 2.75) is 25.5 Å². The van der Waals surface area contributed by atoms with Gasteiger partial charge in [0.1, 0.15) is 6.07 Å². The Morgan fingerprint density at radius 3 is 2.50 bits per heavy atom. The molecule has 1 aromatic rings. The van der Waals surface area contributed by atoms with E-state index in [2.05, 4.69) is 11.4 Å². The van der Waals surface area contributed by atoms with Gasteiger partial charge in [-0.15, -0.1) is 0 Å². The molecule has 0 unspecified atom stereocenters. The summed E-state index contributed by atoms with van der Waals surface area (Å²) in [4.78, 5) is 0. The smallest absolute Gasteiger partial charge is 0.154 e. The summed E-state index contributed by atoms with van der Waals surface area (Å²) in [6.07, 6.45) is 1.22. The highest BCUT2D eigenvalue weighted by atomic mass is 32.2. The van der Waals surface area contributed by atoms with E-state index in [0.717, 1.165) is 5.56 Å². The van der Waals surface area contributed by atoms with Crippen molar-refractivity contribution >= 4 is 15.5 Å². The Hall–Kier alpha value is -1.54. The maximum absolute atomic E-state index is 11.6. The number of benzene rings is 1. The Morgan fingerprint density at radius 2 is 2.00 bits per heavy atom. The molecule has 18 heavy (non-hydrogen) atoms. The summed E-state index contributed by atoms with van der Waals surface area (Å²) in [7, 11) is -3.15. The molecule has 1 rings (SSSR count). The first kappa shape index (κ1) is 14.5. The van der Waals surface area contributed by atoms with Crippen LogP contribution in [0.1, 0.15) is 25.0 Å². The third-order valence-corrected chi connectivity index (χ3v) is 5.16. The fourth-order valence-electron chi connectivity index (χ4n) is 1.34. The van der Waals surface area contributed by atoms with E-state index in [1.54, 1.807) is 26.0 Å². The third-order valence-electron chi connectivity index (χ3n) is 3.00. The second kappa shape index (κ2) is 4.99. The zero-order chi connectivity index (χ0) is 14.0. The summed E-state index contributed by atoms with van der Waals surface area (Å²) in [6.45, 7) is 5.50. The zero-order valence-electron chi connectivity index (χ0n) is 11.1. The van der Waals surface area contributed by atoms with Crippen LogP contribution in [0.5, 0.6) is 0 Å². The van der Waals surface area contributed by atoms with Crippen molar-refractivity contribution in [3.8, 4) is 6.07 Å². The summed E-state index contributed by atoms with van der Waals surface area (Å²) in [6, 6.07) is 7.56. The zero-order valence-corrected chi connectivity index (χ0v) is 11.9. The van der Waals surface area contributed by atoms with E-state index in [4.69, 9.17) is 5.26 Å². The van der Waals surface area contributed by atoms with Crippen LogP contribution < -0.4 is 5.32 Å². The molecule has 0 atom stereocenters. The van der Waals surface area contributed by atoms with E-state index in [1.165, 1.54) is 6.26 Å². The van der Waals surface area contributed by atoms with Crippen LogP contribution in [0.25, 0.3) is 0 Å². The van der Waals surface area contributed by atoms with Crippen LogP contribution in [-0.2, 0) is 9.84 Å². The van der Waals surface area contributed by atoms with Crippen LogP contribution in [0.2, 0.25) is 0 Å². The maximum atomic E-state index is 11.6. The molecule has 0 spiro atoms. The standard InChI is InChI=1S/C13H18N2O2S/c1-10-5-6-12(11(7-10)8-14)15-9-13(2,3)18(4,16)17/h5-7,15H,9H2,1-4H3. The molecule has 0 aromatic heterocycles. The van der Waals surface area contributed by atoms with Crippen LogP contribution in [-0.4, -0.2) is 26.0 Å². The number of nitrogens with zero attached hydrogens (tertiary/aromatic N) is 1. The molecule has 5 heteroatoms. The number of hydrogen-bond acceptors (Lipinski definition) is 4. The van der Waals surface area contributed by atoms with Gasteiger partial charge in [-0.05, 0) is 38.5 Å². The van der Waals surface area contributed by atoms with E-state index >= 15 is 0 Å². The Kier molecular flexibility index (Phi) is 4.02. The summed E-state index contributed by atoms with van der Waals surface area (Å²) in [5.41, 5.74) is 2.19. The molecule has 0 heterocycles. The fraction of sp³-hybridized carbons (Fsp3) is 0.462. The summed E-state index contributed by atoms with van der Waals surface area (Å²) < 4.78 is 22.3. The van der Waals surface area contributed by atoms with E-state index < -0.39 is 14.6 Å². The first-order chi connectivity index (χ1) is 8.17. The van der Waals surface area contributed by atoms with Gasteiger partial charge in [0.15, 0.2) is 9.84 Å². The second-order valence-electron chi connectivity index (χ2n) is 5.05. The van der Waals surface area contributed by atoms with E-state index in [9.17, 15) is 8.42 Å². The number of nitriles is 1. The van der Waals surface area contributed by atoms with Crippen molar-refractivity contribution in [3.05, 3.63) is 29.3 Å². The number of aryl methyl sites for hydroxylation is 1. The Balaban J connectivity index is 2.92. The van der Waals surface area contributed by atoms with Crippen LogP contribution in [0.15, 0.2) is 18.2 Å². The van der Waals surface area contributed by atoms with Gasteiger partial charge in [-0.2, -0.15) is 5.26 Å². The Morgan fingerprint density at radius 1 is 1.39 bits per heavy atom. The molecule has 0 amide bonds. The van der Waals surface area contributed by atoms with Gasteiger partial charge < -0.3 is 5.32 Å². The van der Waals surface area contributed by atoms with Gasteiger partial charge in [0.2, 0.25) is 0 Å². The van der Waals surface area contributed by atoms with Crippen molar-refractivity contribution in [3.63, 3.8) is 0 Å². The predicted molar refractivity (Wildman–Crippen MR) is 73.3 cm³/mol. The van der Waals surface area contributed by atoms with Crippen molar-refractivity contribution < 1.29 is 8.42 Å². The van der Waals surface area contributed by atoms with E-state index in [1.807, 2.05) is 13.0 Å². The number of nitrogens with one attached hydrogen (secondary N) is 1. The minimum Gasteiger partial charge on any atom is -0.382 e. The minimum absolute atomic E-state index is 0.267. The maximum Gasteiger partial charge on any atom is 0.154 e. The van der Waals surface area contributed by atoms with Crippen molar-refractivity contribution in [2.75, 3.05) is 18.1 Å². The molecule has 1 aromatic carbocycles. The first-order valence-corrected chi connectivity index (χ1v) is 7.51. The largest absolute Gasteiger partial charge is 0.382 e. The van der Waals surface area contributed by atoms with Crippen LogP contribution in [0, 0.1) is 18.3 Å². The van der Waals surface area contributed by atoms with E-state index in [-0.39, 0.29) is 6.54 Å². The number of sulfone groups is 1. The summed E-state index contributed by atoms with van der Waals surface area (Å²) in [5.74, 6) is 0. The molecule has 0 fully saturated rings. The SMILES string of the molecule is Cc1ccc(NCC(C)(C)S(C)(=O)=O)c(C#N)c1. The minimum atomic E-state index is -3.15. The third kappa shape index (κ3) is 3.23. The molecule has 0 saturated heterocycles. The molecule has 0 aliphatic heterocycles. The number of anilines is 1. The lowest BCUT2D eigenvalue weighted by Gasteiger charge is -2.23. The van der Waals surface area contributed by atoms with E-state index in [0.29, 0.717) is 11.3 Å². The van der Waals surface area contributed by atoms with Crippen molar-refractivity contribution in [1.29, 1.82) is 5.26 Å². The van der Waals surface area contributed by atoms with Gasteiger partial charge in [0.05, 0.1) is 16.0 Å². The molecule has 98 valence electrons. The molecular weight excluding hydrogens is 248 g/mol. The van der Waals surface area contributed by atoms with Gasteiger partial charge in [-0.1, -0.05) is 6.07 Å². The molecule has 0 saturated carbocycles. The lowest BCUT2D eigenvalue weighted by atomic mass is 10.1. The molecule has 0 radical (unpaired) electrons. The Bertz CT molecular complexity index is 583. The van der Waals surface area contributed by atoms with Crippen molar-refractivity contribution in [2.24, 2.45) is 0 Å². The van der Waals surface area contributed by atoms with Gasteiger partial charge in [0.25, 0.3) is 0 Å². The Labute approximate surface area is 109 Å².